The number of terminal acetylenes is 1. The van der Waals surface area contributed by atoms with Gasteiger partial charge in [-0.15, -0.1) is 6.42 Å². The maximum atomic E-state index is 12.7. The predicted octanol–water partition coefficient (Wildman–Crippen LogP) is 1.80. The largest absolute Gasteiger partial charge is 0.507 e. The molecule has 0 bridgehead atoms. The molecular formula is C17H11NO3. The van der Waals surface area contributed by atoms with Gasteiger partial charge in [-0.1, -0.05) is 36.3 Å². The highest BCUT2D eigenvalue weighted by atomic mass is 16.3. The molecule has 0 radical (unpaired) electrons. The Morgan fingerprint density at radius 2 is 1.57 bits per heavy atom. The van der Waals surface area contributed by atoms with E-state index in [0.29, 0.717) is 11.1 Å². The molecule has 3 N–H and O–H groups in total. The summed E-state index contributed by atoms with van der Waals surface area (Å²) < 4.78 is 0. The molecular weight excluding hydrogens is 266 g/mol. The number of ketones is 2. The lowest BCUT2D eigenvalue weighted by molar-refractivity contribution is 0.0975. The average molecular weight is 277 g/mol. The number of carbonyl (C=O) groups is 2. The zero-order valence-electron chi connectivity index (χ0n) is 11.0. The van der Waals surface area contributed by atoms with E-state index in [9.17, 15) is 14.7 Å². The van der Waals surface area contributed by atoms with Crippen LogP contribution in [-0.4, -0.2) is 16.7 Å². The number of carbonyl (C=O) groups excluding carboxylic acids is 2. The molecule has 0 spiro atoms. The number of rotatable bonds is 1. The lowest BCUT2D eigenvalue weighted by Crippen LogP contribution is -2.24. The first-order chi connectivity index (χ1) is 10.1. The predicted molar refractivity (Wildman–Crippen MR) is 77.2 cm³/mol. The first-order valence-corrected chi connectivity index (χ1v) is 6.32. The van der Waals surface area contributed by atoms with Crippen molar-refractivity contribution in [2.24, 2.45) is 5.73 Å². The van der Waals surface area contributed by atoms with E-state index in [1.807, 2.05) is 0 Å². The molecule has 1 aliphatic carbocycles. The van der Waals surface area contributed by atoms with Crippen molar-refractivity contribution < 1.29 is 14.7 Å². The van der Waals surface area contributed by atoms with Gasteiger partial charge in [-0.3, -0.25) is 9.59 Å². The van der Waals surface area contributed by atoms with Crippen LogP contribution in [0.1, 0.15) is 43.4 Å². The van der Waals surface area contributed by atoms with Gasteiger partial charge in [0.05, 0.1) is 11.6 Å². The van der Waals surface area contributed by atoms with Crippen molar-refractivity contribution in [2.45, 2.75) is 6.04 Å². The van der Waals surface area contributed by atoms with Gasteiger partial charge in [0.25, 0.3) is 0 Å². The number of phenolic OH excluding ortho intramolecular Hbond substituents is 1. The van der Waals surface area contributed by atoms with Crippen LogP contribution in [0.5, 0.6) is 5.75 Å². The van der Waals surface area contributed by atoms with Crippen molar-refractivity contribution in [2.75, 3.05) is 0 Å². The zero-order chi connectivity index (χ0) is 15.1. The van der Waals surface area contributed by atoms with Crippen LogP contribution in [0.15, 0.2) is 36.4 Å². The second-order valence-corrected chi connectivity index (χ2v) is 4.77. The Hall–Kier alpha value is -2.90. The smallest absolute Gasteiger partial charge is 0.198 e. The van der Waals surface area contributed by atoms with Gasteiger partial charge >= 0.3 is 0 Å². The maximum absolute atomic E-state index is 12.7. The molecule has 3 rings (SSSR count). The molecule has 21 heavy (non-hydrogen) atoms. The van der Waals surface area contributed by atoms with Crippen molar-refractivity contribution in [1.29, 1.82) is 0 Å². The van der Waals surface area contributed by atoms with Gasteiger partial charge in [-0.05, 0) is 11.6 Å². The Morgan fingerprint density at radius 3 is 2.14 bits per heavy atom. The first-order valence-electron chi connectivity index (χ1n) is 6.32. The monoisotopic (exact) mass is 277 g/mol. The van der Waals surface area contributed by atoms with Crippen LogP contribution in [0.2, 0.25) is 0 Å². The van der Waals surface area contributed by atoms with Crippen LogP contribution >= 0.6 is 0 Å². The van der Waals surface area contributed by atoms with Crippen molar-refractivity contribution >= 4 is 11.6 Å². The van der Waals surface area contributed by atoms with Gasteiger partial charge in [-0.2, -0.15) is 0 Å². The quantitative estimate of drug-likeness (QED) is 0.665. The van der Waals surface area contributed by atoms with Crippen molar-refractivity contribution in [3.05, 3.63) is 64.2 Å². The number of hydrogen-bond donors (Lipinski definition) is 2. The Kier molecular flexibility index (Phi) is 2.86. The summed E-state index contributed by atoms with van der Waals surface area (Å²) in [6.07, 6.45) is 5.32. The number of nitrogens with two attached hydrogens (primary N) is 1. The molecule has 0 heterocycles. The maximum Gasteiger partial charge on any atom is 0.198 e. The van der Waals surface area contributed by atoms with Crippen molar-refractivity contribution in [3.8, 4) is 18.1 Å². The highest BCUT2D eigenvalue weighted by molar-refractivity contribution is 6.29. The molecule has 0 aromatic heterocycles. The van der Waals surface area contributed by atoms with E-state index < -0.39 is 11.8 Å². The Labute approximate surface area is 121 Å². The van der Waals surface area contributed by atoms with E-state index in [-0.39, 0.29) is 28.2 Å². The molecule has 4 heteroatoms. The molecule has 0 saturated heterocycles. The molecule has 0 saturated carbocycles. The summed E-state index contributed by atoms with van der Waals surface area (Å²) in [5.41, 5.74) is 6.84. The van der Waals surface area contributed by atoms with Gasteiger partial charge in [0.2, 0.25) is 0 Å². The zero-order valence-corrected chi connectivity index (χ0v) is 11.0. The number of phenols is 1. The lowest BCUT2D eigenvalue weighted by atomic mass is 9.80. The molecule has 2 aromatic rings. The summed E-state index contributed by atoms with van der Waals surface area (Å²) in [7, 11) is 0. The normalized spacial score (nSPS) is 14.1. The SMILES string of the molecule is C#CC(N)c1ccc(O)c2c1C(=O)c1ccccc1C2=O. The lowest BCUT2D eigenvalue weighted by Gasteiger charge is -2.22. The van der Waals surface area contributed by atoms with Crippen LogP contribution in [0.25, 0.3) is 0 Å². The standard InChI is InChI=1S/C17H11NO3/c1-2-12(18)11-7-8-13(19)15-14(11)16(20)9-5-3-4-6-10(9)17(15)21/h1,3-8,12,19H,18H2. The Balaban J connectivity index is 2.37. The van der Waals surface area contributed by atoms with Gasteiger partial charge in [-0.25, -0.2) is 0 Å². The third-order valence-corrected chi connectivity index (χ3v) is 3.60. The van der Waals surface area contributed by atoms with E-state index in [4.69, 9.17) is 12.2 Å². The van der Waals surface area contributed by atoms with E-state index >= 15 is 0 Å². The van der Waals surface area contributed by atoms with Crippen LogP contribution in [0.3, 0.4) is 0 Å². The number of fused-ring (bicyclic) bond motifs is 2. The molecule has 1 aliphatic rings. The molecule has 0 aliphatic heterocycles. The summed E-state index contributed by atoms with van der Waals surface area (Å²) in [6.45, 7) is 0. The number of hydrogen-bond acceptors (Lipinski definition) is 4. The third kappa shape index (κ3) is 1.76. The summed E-state index contributed by atoms with van der Waals surface area (Å²) in [5, 5.41) is 9.98. The second kappa shape index (κ2) is 4.58. The molecule has 102 valence electrons. The highest BCUT2D eigenvalue weighted by Gasteiger charge is 2.34. The minimum absolute atomic E-state index is 0.0260. The van der Waals surface area contributed by atoms with E-state index in [0.717, 1.165) is 0 Å². The van der Waals surface area contributed by atoms with Crippen molar-refractivity contribution in [1.82, 2.24) is 0 Å². The van der Waals surface area contributed by atoms with E-state index in [1.165, 1.54) is 12.1 Å². The van der Waals surface area contributed by atoms with Gasteiger partial charge in [0, 0.05) is 16.7 Å². The number of benzene rings is 2. The van der Waals surface area contributed by atoms with Gasteiger partial charge < -0.3 is 10.8 Å². The molecule has 2 aromatic carbocycles. The first kappa shape index (κ1) is 13.1. The van der Waals surface area contributed by atoms with E-state index in [2.05, 4.69) is 5.92 Å². The topological polar surface area (TPSA) is 80.4 Å². The van der Waals surface area contributed by atoms with Gasteiger partial charge in [0.15, 0.2) is 11.6 Å². The van der Waals surface area contributed by atoms with Crippen LogP contribution in [0, 0.1) is 12.3 Å². The fraction of sp³-hybridized carbons (Fsp3) is 0.0588. The summed E-state index contributed by atoms with van der Waals surface area (Å²) >= 11 is 0. The van der Waals surface area contributed by atoms with Crippen molar-refractivity contribution in [3.63, 3.8) is 0 Å². The third-order valence-electron chi connectivity index (χ3n) is 3.60. The average Bonchev–Trinajstić information content (AvgIpc) is 2.51. The Bertz CT molecular complexity index is 830. The summed E-state index contributed by atoms with van der Waals surface area (Å²) in [4.78, 5) is 25.2. The second-order valence-electron chi connectivity index (χ2n) is 4.77. The van der Waals surface area contributed by atoms with E-state index in [1.54, 1.807) is 24.3 Å². The Morgan fingerprint density at radius 1 is 1.00 bits per heavy atom. The minimum Gasteiger partial charge on any atom is -0.507 e. The fourth-order valence-corrected chi connectivity index (χ4v) is 2.58. The van der Waals surface area contributed by atoms with Gasteiger partial charge in [0.1, 0.15) is 5.75 Å². The van der Waals surface area contributed by atoms with Crippen LogP contribution < -0.4 is 5.73 Å². The highest BCUT2D eigenvalue weighted by Crippen LogP contribution is 2.36. The summed E-state index contributed by atoms with van der Waals surface area (Å²) in [6, 6.07) is 8.49. The van der Waals surface area contributed by atoms with Crippen LogP contribution in [-0.2, 0) is 0 Å². The molecule has 4 nitrogen and oxygen atoms in total. The molecule has 1 unspecified atom stereocenters. The molecule has 0 fully saturated rings. The minimum atomic E-state index is -0.818. The summed E-state index contributed by atoms with van der Waals surface area (Å²) in [5.74, 6) is 1.35. The fourth-order valence-electron chi connectivity index (χ4n) is 2.58. The molecule has 1 atom stereocenters. The van der Waals surface area contributed by atoms with Crippen LogP contribution in [0.4, 0.5) is 0 Å². The number of aromatic hydroxyl groups is 1. The molecule has 0 amide bonds.